The molecule has 1 aromatic carbocycles. The van der Waals surface area contributed by atoms with E-state index in [1.165, 1.54) is 0 Å². The van der Waals surface area contributed by atoms with Gasteiger partial charge in [0.25, 0.3) is 0 Å². The number of nitrogens with zero attached hydrogens (tertiary/aromatic N) is 1. The predicted octanol–water partition coefficient (Wildman–Crippen LogP) is 4.22. The fourth-order valence-electron chi connectivity index (χ4n) is 1.30. The highest BCUT2D eigenvalue weighted by atomic mass is 79.9. The van der Waals surface area contributed by atoms with Gasteiger partial charge in [0, 0.05) is 22.1 Å². The van der Waals surface area contributed by atoms with Gasteiger partial charge in [0.2, 0.25) is 0 Å². The lowest BCUT2D eigenvalue weighted by Gasteiger charge is -2.06. The van der Waals surface area contributed by atoms with Crippen molar-refractivity contribution in [2.75, 3.05) is 0 Å². The van der Waals surface area contributed by atoms with E-state index >= 15 is 0 Å². The van der Waals surface area contributed by atoms with Gasteiger partial charge in [0.1, 0.15) is 5.03 Å². The molecule has 2 rings (SSSR count). The molecule has 0 radical (unpaired) electrons. The van der Waals surface area contributed by atoms with Gasteiger partial charge in [-0.25, -0.2) is 4.98 Å². The molecule has 0 saturated carbocycles. The van der Waals surface area contributed by atoms with Gasteiger partial charge in [0.15, 0.2) is 0 Å². The molecular weight excluding hydrogens is 364 g/mol. The summed E-state index contributed by atoms with van der Waals surface area (Å²) in [5.41, 5.74) is 6.71. The van der Waals surface area contributed by atoms with Crippen molar-refractivity contribution in [1.29, 1.82) is 0 Å². The van der Waals surface area contributed by atoms with E-state index in [1.54, 1.807) is 18.0 Å². The van der Waals surface area contributed by atoms with Crippen LogP contribution in [-0.2, 0) is 6.54 Å². The summed E-state index contributed by atoms with van der Waals surface area (Å²) in [6, 6.07) is 10.0. The van der Waals surface area contributed by atoms with Crippen LogP contribution in [0.15, 0.2) is 55.4 Å². The van der Waals surface area contributed by atoms with Gasteiger partial charge in [-0.05, 0) is 61.7 Å². The average Bonchev–Trinajstić information content (AvgIpc) is 2.34. The number of rotatable bonds is 3. The third kappa shape index (κ3) is 3.31. The largest absolute Gasteiger partial charge is 0.326 e. The third-order valence-electron chi connectivity index (χ3n) is 2.16. The van der Waals surface area contributed by atoms with E-state index < -0.39 is 0 Å². The Morgan fingerprint density at radius 2 is 2.00 bits per heavy atom. The summed E-state index contributed by atoms with van der Waals surface area (Å²) in [5.74, 6) is 0. The average molecular weight is 374 g/mol. The van der Waals surface area contributed by atoms with Gasteiger partial charge in [-0.3, -0.25) is 0 Å². The van der Waals surface area contributed by atoms with E-state index in [-0.39, 0.29) is 0 Å². The lowest BCUT2D eigenvalue weighted by Crippen LogP contribution is -1.95. The molecule has 0 bridgehead atoms. The first kappa shape index (κ1) is 13.1. The Labute approximate surface area is 121 Å². The standard InChI is InChI=1S/C12H10Br2N2S/c13-9-2-1-5-16-12(9)17-11-4-3-8(7-15)6-10(11)14/h1-6H,7,15H2. The van der Waals surface area contributed by atoms with Gasteiger partial charge in [-0.1, -0.05) is 17.8 Å². The smallest absolute Gasteiger partial charge is 0.115 e. The van der Waals surface area contributed by atoms with Gasteiger partial charge >= 0.3 is 0 Å². The molecule has 2 N–H and O–H groups in total. The van der Waals surface area contributed by atoms with Crippen molar-refractivity contribution in [1.82, 2.24) is 4.98 Å². The highest BCUT2D eigenvalue weighted by molar-refractivity contribution is 9.11. The fraction of sp³-hybridized carbons (Fsp3) is 0.0833. The molecule has 2 aromatic rings. The van der Waals surface area contributed by atoms with Gasteiger partial charge < -0.3 is 5.73 Å². The van der Waals surface area contributed by atoms with Crippen LogP contribution in [0.4, 0.5) is 0 Å². The van der Waals surface area contributed by atoms with Crippen LogP contribution < -0.4 is 5.73 Å². The molecule has 88 valence electrons. The Morgan fingerprint density at radius 1 is 1.18 bits per heavy atom. The van der Waals surface area contributed by atoms with Crippen LogP contribution in [0.3, 0.4) is 0 Å². The number of hydrogen-bond donors (Lipinski definition) is 1. The molecule has 2 nitrogen and oxygen atoms in total. The van der Waals surface area contributed by atoms with E-state index in [0.29, 0.717) is 6.54 Å². The van der Waals surface area contributed by atoms with E-state index in [1.807, 2.05) is 24.3 Å². The monoisotopic (exact) mass is 372 g/mol. The molecule has 0 fully saturated rings. The lowest BCUT2D eigenvalue weighted by molar-refractivity contribution is 1.06. The Kier molecular flexibility index (Phi) is 4.62. The van der Waals surface area contributed by atoms with E-state index in [0.717, 1.165) is 24.4 Å². The van der Waals surface area contributed by atoms with Crippen molar-refractivity contribution >= 4 is 43.6 Å². The minimum absolute atomic E-state index is 0.552. The summed E-state index contributed by atoms with van der Waals surface area (Å²) in [6.45, 7) is 0.552. The van der Waals surface area contributed by atoms with E-state index in [4.69, 9.17) is 5.73 Å². The topological polar surface area (TPSA) is 38.9 Å². The van der Waals surface area contributed by atoms with Gasteiger partial charge in [0.05, 0.1) is 4.47 Å². The molecule has 0 aliphatic rings. The zero-order valence-corrected chi connectivity index (χ0v) is 12.8. The second-order valence-corrected chi connectivity index (χ2v) is 6.10. The van der Waals surface area contributed by atoms with Crippen LogP contribution >= 0.6 is 43.6 Å². The van der Waals surface area contributed by atoms with Gasteiger partial charge in [-0.15, -0.1) is 0 Å². The van der Waals surface area contributed by atoms with E-state index in [2.05, 4.69) is 42.9 Å². The molecule has 0 amide bonds. The van der Waals surface area contributed by atoms with Crippen molar-refractivity contribution in [2.24, 2.45) is 5.73 Å². The maximum absolute atomic E-state index is 5.60. The highest BCUT2D eigenvalue weighted by Gasteiger charge is 2.06. The molecule has 0 unspecified atom stereocenters. The maximum Gasteiger partial charge on any atom is 0.115 e. The minimum Gasteiger partial charge on any atom is -0.326 e. The molecule has 1 heterocycles. The van der Waals surface area contributed by atoms with Crippen LogP contribution in [0.25, 0.3) is 0 Å². The lowest BCUT2D eigenvalue weighted by atomic mass is 10.2. The second-order valence-electron chi connectivity index (χ2n) is 3.36. The number of aromatic nitrogens is 1. The maximum atomic E-state index is 5.60. The first-order valence-electron chi connectivity index (χ1n) is 4.97. The van der Waals surface area contributed by atoms with E-state index in [9.17, 15) is 0 Å². The molecule has 0 atom stereocenters. The summed E-state index contributed by atoms with van der Waals surface area (Å²) in [4.78, 5) is 5.45. The molecule has 1 aromatic heterocycles. The zero-order chi connectivity index (χ0) is 12.3. The molecule has 5 heteroatoms. The normalized spacial score (nSPS) is 10.5. The zero-order valence-electron chi connectivity index (χ0n) is 8.86. The van der Waals surface area contributed by atoms with Gasteiger partial charge in [-0.2, -0.15) is 0 Å². The Bertz CT molecular complexity index is 532. The minimum atomic E-state index is 0.552. The first-order valence-corrected chi connectivity index (χ1v) is 7.38. The Balaban J connectivity index is 2.28. The molecular formula is C12H10Br2N2S. The fourth-order valence-corrected chi connectivity index (χ4v) is 3.25. The summed E-state index contributed by atoms with van der Waals surface area (Å²) >= 11 is 8.65. The van der Waals surface area contributed by atoms with Crippen molar-refractivity contribution in [3.05, 3.63) is 51.0 Å². The highest BCUT2D eigenvalue weighted by Crippen LogP contribution is 2.36. The second kappa shape index (κ2) is 6.00. The van der Waals surface area contributed by atoms with Crippen LogP contribution in [0.2, 0.25) is 0 Å². The molecule has 0 saturated heterocycles. The van der Waals surface area contributed by atoms with Crippen LogP contribution in [0.5, 0.6) is 0 Å². The number of benzene rings is 1. The van der Waals surface area contributed by atoms with Crippen LogP contribution in [0, 0.1) is 0 Å². The SMILES string of the molecule is NCc1ccc(Sc2ncccc2Br)c(Br)c1. The molecule has 0 aliphatic carbocycles. The molecule has 0 aliphatic heterocycles. The summed E-state index contributed by atoms with van der Waals surface area (Å²) in [6.07, 6.45) is 1.79. The summed E-state index contributed by atoms with van der Waals surface area (Å²) in [7, 11) is 0. The van der Waals surface area contributed by atoms with Crippen molar-refractivity contribution in [2.45, 2.75) is 16.5 Å². The summed E-state index contributed by atoms with van der Waals surface area (Å²) < 4.78 is 2.04. The number of hydrogen-bond acceptors (Lipinski definition) is 3. The van der Waals surface area contributed by atoms with Crippen molar-refractivity contribution in [3.63, 3.8) is 0 Å². The first-order chi connectivity index (χ1) is 8.20. The number of nitrogens with two attached hydrogens (primary N) is 1. The Morgan fingerprint density at radius 3 is 2.65 bits per heavy atom. The third-order valence-corrected chi connectivity index (χ3v) is 5.08. The number of halogens is 2. The molecule has 0 spiro atoms. The number of pyridine rings is 1. The van der Waals surface area contributed by atoms with Crippen LogP contribution in [0.1, 0.15) is 5.56 Å². The summed E-state index contributed by atoms with van der Waals surface area (Å²) in [5, 5.41) is 0.952. The van der Waals surface area contributed by atoms with Crippen LogP contribution in [-0.4, -0.2) is 4.98 Å². The molecule has 17 heavy (non-hydrogen) atoms. The van der Waals surface area contributed by atoms with Crippen molar-refractivity contribution < 1.29 is 0 Å². The Hall–Kier alpha value is -0.360. The quantitative estimate of drug-likeness (QED) is 0.875. The van der Waals surface area contributed by atoms with Crippen molar-refractivity contribution in [3.8, 4) is 0 Å². The predicted molar refractivity (Wildman–Crippen MR) is 78.1 cm³/mol.